The minimum absolute atomic E-state index is 0.163. The number of nitrogens with zero attached hydrogens (tertiary/aromatic N) is 1. The number of rotatable bonds is 2. The molecule has 0 aromatic carbocycles. The zero-order chi connectivity index (χ0) is 13.4. The lowest BCUT2D eigenvalue weighted by Gasteiger charge is -2.47. The van der Waals surface area contributed by atoms with E-state index in [0.717, 1.165) is 6.42 Å². The first-order chi connectivity index (χ1) is 7.64. The van der Waals surface area contributed by atoms with Crippen LogP contribution in [0.5, 0.6) is 0 Å². The molecule has 0 aromatic rings. The van der Waals surface area contributed by atoms with Gasteiger partial charge in [-0.1, -0.05) is 34.6 Å². The Balaban J connectivity index is 2.77. The number of hydrogen-bond acceptors (Lipinski definition) is 2. The molecular weight excluding hydrogens is 210 g/mol. The van der Waals surface area contributed by atoms with Crippen LogP contribution < -0.4 is 0 Å². The molecule has 1 rings (SSSR count). The molecule has 0 amide bonds. The molecule has 2 nitrogen and oxygen atoms in total. The van der Waals surface area contributed by atoms with Crippen LogP contribution in [0, 0.1) is 17.3 Å². The van der Waals surface area contributed by atoms with E-state index in [9.17, 15) is 5.11 Å². The summed E-state index contributed by atoms with van der Waals surface area (Å²) >= 11 is 0. The molecule has 0 spiro atoms. The summed E-state index contributed by atoms with van der Waals surface area (Å²) in [5.41, 5.74) is 0.261. The maximum atomic E-state index is 10.4. The first-order valence-electron chi connectivity index (χ1n) is 7.04. The lowest BCUT2D eigenvalue weighted by molar-refractivity contribution is -0.0446. The monoisotopic (exact) mass is 241 g/mol. The number of aliphatic hydroxyl groups excluding tert-OH is 1. The zero-order valence-corrected chi connectivity index (χ0v) is 12.7. The highest BCUT2D eigenvalue weighted by atomic mass is 16.3. The van der Waals surface area contributed by atoms with Crippen LogP contribution in [0.15, 0.2) is 0 Å². The summed E-state index contributed by atoms with van der Waals surface area (Å²) in [4.78, 5) is 2.40. The van der Waals surface area contributed by atoms with E-state index < -0.39 is 0 Å². The Morgan fingerprint density at radius 1 is 1.18 bits per heavy atom. The normalized spacial score (nSPS) is 37.2. The highest BCUT2D eigenvalue weighted by Crippen LogP contribution is 2.35. The molecule has 0 saturated heterocycles. The van der Waals surface area contributed by atoms with Crippen molar-refractivity contribution < 1.29 is 5.11 Å². The minimum Gasteiger partial charge on any atom is -0.391 e. The van der Waals surface area contributed by atoms with Crippen LogP contribution >= 0.6 is 0 Å². The lowest BCUT2D eigenvalue weighted by Crippen LogP contribution is -2.55. The molecule has 2 heteroatoms. The average Bonchev–Trinajstić information content (AvgIpc) is 2.13. The predicted octanol–water partition coefficient (Wildman–Crippen LogP) is 3.15. The molecule has 17 heavy (non-hydrogen) atoms. The van der Waals surface area contributed by atoms with Crippen molar-refractivity contribution in [3.8, 4) is 0 Å². The fraction of sp³-hybridized carbons (Fsp3) is 1.00. The maximum Gasteiger partial charge on any atom is 0.0700 e. The first kappa shape index (κ1) is 15.0. The molecule has 1 saturated carbocycles. The standard InChI is InChI=1S/C15H31NO/c1-10-8-11(2)14(13(17)9-10)16(7)12(3)15(4,5)6/h10-14,17H,8-9H2,1-7H3. The maximum absolute atomic E-state index is 10.4. The van der Waals surface area contributed by atoms with Crippen molar-refractivity contribution in [1.82, 2.24) is 4.90 Å². The van der Waals surface area contributed by atoms with Crippen molar-refractivity contribution in [3.63, 3.8) is 0 Å². The van der Waals surface area contributed by atoms with Crippen LogP contribution in [-0.4, -0.2) is 35.2 Å². The van der Waals surface area contributed by atoms with E-state index in [1.165, 1.54) is 6.42 Å². The van der Waals surface area contributed by atoms with Gasteiger partial charge in [-0.15, -0.1) is 0 Å². The SMILES string of the molecule is CC1CC(C)C(N(C)C(C)C(C)(C)C)C(O)C1. The minimum atomic E-state index is -0.163. The fourth-order valence-corrected chi connectivity index (χ4v) is 3.34. The molecule has 1 fully saturated rings. The molecule has 1 N–H and O–H groups in total. The van der Waals surface area contributed by atoms with E-state index in [1.807, 2.05) is 0 Å². The largest absolute Gasteiger partial charge is 0.391 e. The van der Waals surface area contributed by atoms with Gasteiger partial charge in [-0.3, -0.25) is 4.90 Å². The van der Waals surface area contributed by atoms with Crippen molar-refractivity contribution in [2.45, 2.75) is 72.6 Å². The fourth-order valence-electron chi connectivity index (χ4n) is 3.34. The Bertz CT molecular complexity index is 234. The third-order valence-electron chi connectivity index (χ3n) is 4.73. The molecule has 0 bridgehead atoms. The van der Waals surface area contributed by atoms with Gasteiger partial charge < -0.3 is 5.11 Å². The molecule has 0 heterocycles. The molecule has 1 aliphatic carbocycles. The van der Waals surface area contributed by atoms with Gasteiger partial charge in [0.15, 0.2) is 0 Å². The van der Waals surface area contributed by atoms with Gasteiger partial charge in [-0.2, -0.15) is 0 Å². The molecule has 5 atom stereocenters. The molecular formula is C15H31NO. The van der Waals surface area contributed by atoms with E-state index in [0.29, 0.717) is 23.9 Å². The molecule has 5 unspecified atom stereocenters. The highest BCUT2D eigenvalue weighted by Gasteiger charge is 2.39. The Hall–Kier alpha value is -0.0800. The van der Waals surface area contributed by atoms with Gasteiger partial charge in [0, 0.05) is 12.1 Å². The van der Waals surface area contributed by atoms with Crippen LogP contribution in [0.25, 0.3) is 0 Å². The van der Waals surface area contributed by atoms with E-state index >= 15 is 0 Å². The summed E-state index contributed by atoms with van der Waals surface area (Å²) in [6.45, 7) is 13.6. The smallest absolute Gasteiger partial charge is 0.0700 e. The Kier molecular flexibility index (Phi) is 4.65. The van der Waals surface area contributed by atoms with Crippen LogP contribution in [0.4, 0.5) is 0 Å². The van der Waals surface area contributed by atoms with Crippen LogP contribution in [-0.2, 0) is 0 Å². The zero-order valence-electron chi connectivity index (χ0n) is 12.7. The van der Waals surface area contributed by atoms with Crippen molar-refractivity contribution in [2.24, 2.45) is 17.3 Å². The van der Waals surface area contributed by atoms with Gasteiger partial charge in [0.25, 0.3) is 0 Å². The van der Waals surface area contributed by atoms with Gasteiger partial charge in [0.1, 0.15) is 0 Å². The summed E-state index contributed by atoms with van der Waals surface area (Å²) in [6, 6.07) is 0.804. The van der Waals surface area contributed by atoms with Crippen LogP contribution in [0.3, 0.4) is 0 Å². The van der Waals surface area contributed by atoms with E-state index in [4.69, 9.17) is 0 Å². The number of aliphatic hydroxyl groups is 1. The Labute approximate surface area is 107 Å². The predicted molar refractivity (Wildman–Crippen MR) is 74.0 cm³/mol. The second-order valence-corrected chi connectivity index (χ2v) is 7.32. The summed E-state index contributed by atoms with van der Waals surface area (Å²) in [5.74, 6) is 1.25. The van der Waals surface area contributed by atoms with Gasteiger partial charge in [0.05, 0.1) is 6.10 Å². The third-order valence-corrected chi connectivity index (χ3v) is 4.73. The van der Waals surface area contributed by atoms with Crippen molar-refractivity contribution in [3.05, 3.63) is 0 Å². The van der Waals surface area contributed by atoms with E-state index in [2.05, 4.69) is 53.5 Å². The highest BCUT2D eigenvalue weighted by molar-refractivity contribution is 4.92. The van der Waals surface area contributed by atoms with Crippen LogP contribution in [0.1, 0.15) is 54.4 Å². The summed E-state index contributed by atoms with van der Waals surface area (Å²) in [6.07, 6.45) is 2.03. The first-order valence-corrected chi connectivity index (χ1v) is 7.04. The third kappa shape index (κ3) is 3.45. The number of likely N-dealkylation sites (N-methyl/N-ethyl adjacent to an activating group) is 1. The second-order valence-electron chi connectivity index (χ2n) is 7.32. The lowest BCUT2D eigenvalue weighted by atomic mass is 9.75. The molecule has 1 aliphatic rings. The quantitative estimate of drug-likeness (QED) is 0.803. The summed E-state index contributed by atoms with van der Waals surface area (Å²) in [7, 11) is 2.18. The van der Waals surface area contributed by atoms with Crippen molar-refractivity contribution >= 4 is 0 Å². The summed E-state index contributed by atoms with van der Waals surface area (Å²) < 4.78 is 0. The molecule has 0 aromatic heterocycles. The molecule has 0 radical (unpaired) electrons. The molecule has 102 valence electrons. The van der Waals surface area contributed by atoms with E-state index in [1.54, 1.807) is 0 Å². The topological polar surface area (TPSA) is 23.5 Å². The van der Waals surface area contributed by atoms with Gasteiger partial charge in [-0.05, 0) is 44.1 Å². The second kappa shape index (κ2) is 5.27. The molecule has 0 aliphatic heterocycles. The average molecular weight is 241 g/mol. The van der Waals surface area contributed by atoms with Crippen molar-refractivity contribution in [2.75, 3.05) is 7.05 Å². The van der Waals surface area contributed by atoms with Crippen LogP contribution in [0.2, 0.25) is 0 Å². The van der Waals surface area contributed by atoms with Gasteiger partial charge in [0.2, 0.25) is 0 Å². The Morgan fingerprint density at radius 2 is 1.71 bits per heavy atom. The van der Waals surface area contributed by atoms with Gasteiger partial charge in [-0.25, -0.2) is 0 Å². The Morgan fingerprint density at radius 3 is 2.12 bits per heavy atom. The van der Waals surface area contributed by atoms with E-state index in [-0.39, 0.29) is 11.5 Å². The number of hydrogen-bond donors (Lipinski definition) is 1. The van der Waals surface area contributed by atoms with Gasteiger partial charge >= 0.3 is 0 Å². The summed E-state index contributed by atoms with van der Waals surface area (Å²) in [5, 5.41) is 10.4. The van der Waals surface area contributed by atoms with Crippen molar-refractivity contribution in [1.29, 1.82) is 0 Å².